The van der Waals surface area contributed by atoms with E-state index in [1.165, 1.54) is 29.3 Å². The van der Waals surface area contributed by atoms with E-state index >= 15 is 0 Å². The fraction of sp³-hybridized carbons (Fsp3) is 0.208. The quantitative estimate of drug-likeness (QED) is 0.662. The second-order valence-corrected chi connectivity index (χ2v) is 7.42. The summed E-state index contributed by atoms with van der Waals surface area (Å²) in [5.41, 5.74) is 9.00. The molecule has 0 spiro atoms. The van der Waals surface area contributed by atoms with Gasteiger partial charge in [-0.1, -0.05) is 48.5 Å². The third-order valence-corrected chi connectivity index (χ3v) is 5.59. The Hall–Kier alpha value is -3.01. The van der Waals surface area contributed by atoms with Crippen LogP contribution in [0.1, 0.15) is 33.5 Å². The van der Waals surface area contributed by atoms with E-state index in [0.29, 0.717) is 23.5 Å². The van der Waals surface area contributed by atoms with Crippen LogP contribution in [0.5, 0.6) is 0 Å². The molecular formula is C24H21F2NO. The van der Waals surface area contributed by atoms with Crippen molar-refractivity contribution in [1.29, 1.82) is 0 Å². The lowest BCUT2D eigenvalue weighted by Crippen LogP contribution is -2.13. The Morgan fingerprint density at radius 2 is 1.68 bits per heavy atom. The number of amides is 1. The number of aryl methyl sites for hydroxylation is 1. The summed E-state index contributed by atoms with van der Waals surface area (Å²) in [6.45, 7) is 0. The first-order valence-corrected chi connectivity index (χ1v) is 9.47. The molecule has 1 aliphatic carbocycles. The van der Waals surface area contributed by atoms with Gasteiger partial charge in [-0.05, 0) is 66.0 Å². The highest BCUT2D eigenvalue weighted by Crippen LogP contribution is 2.31. The summed E-state index contributed by atoms with van der Waals surface area (Å²) in [4.78, 5) is 11.3. The molecule has 142 valence electrons. The molecule has 28 heavy (non-hydrogen) atoms. The molecule has 3 aromatic carbocycles. The van der Waals surface area contributed by atoms with Crippen LogP contribution in [0, 0.1) is 17.6 Å². The van der Waals surface area contributed by atoms with Crippen LogP contribution in [0.15, 0.2) is 60.7 Å². The van der Waals surface area contributed by atoms with Crippen LogP contribution in [0.4, 0.5) is 8.78 Å². The maximum absolute atomic E-state index is 14.6. The molecule has 0 radical (unpaired) electrons. The lowest BCUT2D eigenvalue weighted by atomic mass is 9.95. The van der Waals surface area contributed by atoms with Crippen molar-refractivity contribution >= 4 is 5.91 Å². The molecule has 0 saturated heterocycles. The summed E-state index contributed by atoms with van der Waals surface area (Å²) < 4.78 is 29.1. The first-order valence-electron chi connectivity index (χ1n) is 9.47. The lowest BCUT2D eigenvalue weighted by Gasteiger charge is -2.11. The van der Waals surface area contributed by atoms with E-state index in [0.717, 1.165) is 19.3 Å². The molecule has 0 atom stereocenters. The normalized spacial score (nSPS) is 13.5. The number of halogens is 2. The second kappa shape index (κ2) is 7.55. The number of fused-ring (bicyclic) bond motifs is 1. The van der Waals surface area contributed by atoms with E-state index in [1.807, 2.05) is 0 Å². The summed E-state index contributed by atoms with van der Waals surface area (Å²) in [5.74, 6) is -1.38. The molecular weight excluding hydrogens is 356 g/mol. The standard InChI is InChI=1S/C24H21F2NO/c25-22-14-19(20-6-3-7-21(23(20)26)24(27)28)11-10-16(22)9-8-15-12-17-4-1-2-5-18(17)13-15/h1-7,10-11,14-15H,8-9,12-13H2,(H2,27,28). The van der Waals surface area contributed by atoms with Gasteiger partial charge in [-0.15, -0.1) is 0 Å². The number of benzene rings is 3. The Bertz CT molecular complexity index is 1020. The van der Waals surface area contributed by atoms with E-state index in [4.69, 9.17) is 5.73 Å². The van der Waals surface area contributed by atoms with E-state index in [2.05, 4.69) is 24.3 Å². The average molecular weight is 377 g/mol. The third-order valence-electron chi connectivity index (χ3n) is 5.59. The number of rotatable bonds is 5. The zero-order chi connectivity index (χ0) is 19.7. The van der Waals surface area contributed by atoms with Crippen molar-refractivity contribution in [2.24, 2.45) is 11.7 Å². The summed E-state index contributed by atoms with van der Waals surface area (Å²) in [6, 6.07) is 17.6. The van der Waals surface area contributed by atoms with Crippen LogP contribution in [0.2, 0.25) is 0 Å². The molecule has 3 aromatic rings. The van der Waals surface area contributed by atoms with E-state index in [-0.39, 0.29) is 16.9 Å². The summed E-state index contributed by atoms with van der Waals surface area (Å²) in [5, 5.41) is 0. The SMILES string of the molecule is NC(=O)c1cccc(-c2ccc(CCC3Cc4ccccc4C3)c(F)c2)c1F. The van der Waals surface area contributed by atoms with Crippen molar-refractivity contribution in [3.05, 3.63) is 94.6 Å². The molecule has 0 aliphatic heterocycles. The predicted octanol–water partition coefficient (Wildman–Crippen LogP) is 5.08. The lowest BCUT2D eigenvalue weighted by molar-refractivity contribution is 0.0996. The average Bonchev–Trinajstić information content (AvgIpc) is 3.10. The molecule has 1 amide bonds. The number of nitrogens with two attached hydrogens (primary N) is 1. The number of hydrogen-bond acceptors (Lipinski definition) is 1. The van der Waals surface area contributed by atoms with Gasteiger partial charge < -0.3 is 5.73 Å². The fourth-order valence-electron chi connectivity index (χ4n) is 4.08. The van der Waals surface area contributed by atoms with Gasteiger partial charge >= 0.3 is 0 Å². The first-order chi connectivity index (χ1) is 13.5. The minimum atomic E-state index is -0.839. The van der Waals surface area contributed by atoms with Gasteiger partial charge in [-0.2, -0.15) is 0 Å². The van der Waals surface area contributed by atoms with Gasteiger partial charge in [0.25, 0.3) is 5.91 Å². The van der Waals surface area contributed by atoms with Crippen molar-refractivity contribution in [2.75, 3.05) is 0 Å². The van der Waals surface area contributed by atoms with Crippen molar-refractivity contribution in [1.82, 2.24) is 0 Å². The minimum Gasteiger partial charge on any atom is -0.366 e. The van der Waals surface area contributed by atoms with E-state index in [1.54, 1.807) is 18.2 Å². The van der Waals surface area contributed by atoms with Gasteiger partial charge in [0.15, 0.2) is 0 Å². The molecule has 0 fully saturated rings. The molecule has 2 nitrogen and oxygen atoms in total. The Morgan fingerprint density at radius 3 is 2.32 bits per heavy atom. The highest BCUT2D eigenvalue weighted by atomic mass is 19.1. The van der Waals surface area contributed by atoms with Crippen LogP contribution in [0.3, 0.4) is 0 Å². The minimum absolute atomic E-state index is 0.174. The summed E-state index contributed by atoms with van der Waals surface area (Å²) in [7, 11) is 0. The molecule has 0 heterocycles. The molecule has 1 aliphatic rings. The number of carbonyl (C=O) groups excluding carboxylic acids is 1. The third kappa shape index (κ3) is 3.55. The number of carbonyl (C=O) groups is 1. The van der Waals surface area contributed by atoms with E-state index in [9.17, 15) is 13.6 Å². The maximum atomic E-state index is 14.6. The Labute approximate surface area is 163 Å². The Balaban J connectivity index is 1.49. The molecule has 0 aromatic heterocycles. The zero-order valence-corrected chi connectivity index (χ0v) is 15.4. The van der Waals surface area contributed by atoms with Gasteiger partial charge in [0.05, 0.1) is 5.56 Å². The van der Waals surface area contributed by atoms with Crippen LogP contribution in [0.25, 0.3) is 11.1 Å². The summed E-state index contributed by atoms with van der Waals surface area (Å²) >= 11 is 0. The molecule has 0 saturated carbocycles. The summed E-state index contributed by atoms with van der Waals surface area (Å²) in [6.07, 6.45) is 3.65. The fourth-order valence-corrected chi connectivity index (χ4v) is 4.08. The predicted molar refractivity (Wildman–Crippen MR) is 106 cm³/mol. The van der Waals surface area contributed by atoms with Crippen molar-refractivity contribution in [2.45, 2.75) is 25.7 Å². The smallest absolute Gasteiger partial charge is 0.251 e. The van der Waals surface area contributed by atoms with Crippen molar-refractivity contribution in [3.8, 4) is 11.1 Å². The molecule has 0 unspecified atom stereocenters. The van der Waals surface area contributed by atoms with Crippen molar-refractivity contribution < 1.29 is 13.6 Å². The van der Waals surface area contributed by atoms with Gasteiger partial charge in [0.1, 0.15) is 11.6 Å². The van der Waals surface area contributed by atoms with Crippen LogP contribution in [-0.4, -0.2) is 5.91 Å². The van der Waals surface area contributed by atoms with Crippen LogP contribution >= 0.6 is 0 Å². The molecule has 4 rings (SSSR count). The largest absolute Gasteiger partial charge is 0.366 e. The Kier molecular flexibility index (Phi) is 4.95. The highest BCUT2D eigenvalue weighted by molar-refractivity contribution is 5.94. The highest BCUT2D eigenvalue weighted by Gasteiger charge is 2.21. The van der Waals surface area contributed by atoms with Crippen LogP contribution < -0.4 is 5.73 Å². The van der Waals surface area contributed by atoms with Gasteiger partial charge in [-0.3, -0.25) is 4.79 Å². The van der Waals surface area contributed by atoms with Crippen molar-refractivity contribution in [3.63, 3.8) is 0 Å². The van der Waals surface area contributed by atoms with Crippen LogP contribution in [-0.2, 0) is 19.3 Å². The molecule has 0 bridgehead atoms. The molecule has 4 heteroatoms. The van der Waals surface area contributed by atoms with Gasteiger partial charge in [0, 0.05) is 5.56 Å². The zero-order valence-electron chi connectivity index (χ0n) is 15.4. The second-order valence-electron chi connectivity index (χ2n) is 7.42. The topological polar surface area (TPSA) is 43.1 Å². The molecule has 2 N–H and O–H groups in total. The maximum Gasteiger partial charge on any atom is 0.251 e. The Morgan fingerprint density at radius 1 is 0.964 bits per heavy atom. The van der Waals surface area contributed by atoms with Gasteiger partial charge in [0.2, 0.25) is 0 Å². The van der Waals surface area contributed by atoms with Gasteiger partial charge in [-0.25, -0.2) is 8.78 Å². The number of primary amides is 1. The van der Waals surface area contributed by atoms with E-state index < -0.39 is 11.7 Å². The number of hydrogen-bond donors (Lipinski definition) is 1. The first kappa shape index (κ1) is 18.4. The monoisotopic (exact) mass is 377 g/mol.